The Balaban J connectivity index is 1.87. The van der Waals surface area contributed by atoms with Crippen molar-refractivity contribution in [3.63, 3.8) is 0 Å². The molecule has 1 atom stereocenters. The zero-order valence-corrected chi connectivity index (χ0v) is 12.2. The molecule has 1 saturated carbocycles. The van der Waals surface area contributed by atoms with E-state index in [9.17, 15) is 5.11 Å². The summed E-state index contributed by atoms with van der Waals surface area (Å²) in [7, 11) is 0. The number of rotatable bonds is 4. The number of aliphatic hydroxyl groups is 1. The summed E-state index contributed by atoms with van der Waals surface area (Å²) < 4.78 is 0. The molecule has 3 rings (SSSR count). The number of aliphatic hydroxyl groups excluding tert-OH is 1. The minimum absolute atomic E-state index is 0.0550. The highest BCUT2D eigenvalue weighted by atomic mass is 16.3. The molecular formula is C19H22O. The first kappa shape index (κ1) is 13.4. The minimum atomic E-state index is -0.397. The van der Waals surface area contributed by atoms with Gasteiger partial charge < -0.3 is 5.11 Å². The van der Waals surface area contributed by atoms with Crippen LogP contribution in [0.1, 0.15) is 55.4 Å². The van der Waals surface area contributed by atoms with Gasteiger partial charge in [-0.3, -0.25) is 0 Å². The molecule has 2 aromatic carbocycles. The molecule has 0 radical (unpaired) electrons. The lowest BCUT2D eigenvalue weighted by Crippen LogP contribution is -2.18. The predicted octanol–water partition coefficient (Wildman–Crippen LogP) is 4.58. The van der Waals surface area contributed by atoms with E-state index < -0.39 is 6.10 Å². The third kappa shape index (κ3) is 2.27. The third-order valence-corrected chi connectivity index (χ3v) is 4.58. The fourth-order valence-corrected chi connectivity index (χ4v) is 3.01. The summed E-state index contributed by atoms with van der Waals surface area (Å²) in [6, 6.07) is 18.9. The molecule has 1 aliphatic carbocycles. The lowest BCUT2D eigenvalue weighted by molar-refractivity contribution is 0.133. The molecule has 1 N–H and O–H groups in total. The number of hydrogen-bond acceptors (Lipinski definition) is 1. The topological polar surface area (TPSA) is 20.2 Å². The van der Waals surface area contributed by atoms with E-state index in [1.807, 2.05) is 6.07 Å². The highest BCUT2D eigenvalue weighted by Crippen LogP contribution is 2.56. The summed E-state index contributed by atoms with van der Waals surface area (Å²) >= 11 is 0. The first-order valence-corrected chi connectivity index (χ1v) is 7.47. The maximum atomic E-state index is 10.8. The van der Waals surface area contributed by atoms with Crippen molar-refractivity contribution in [2.45, 2.75) is 44.1 Å². The van der Waals surface area contributed by atoms with Crippen LogP contribution in [0.15, 0.2) is 54.6 Å². The average molecular weight is 266 g/mol. The van der Waals surface area contributed by atoms with Crippen molar-refractivity contribution in [2.24, 2.45) is 0 Å². The van der Waals surface area contributed by atoms with Crippen molar-refractivity contribution in [2.75, 3.05) is 0 Å². The highest BCUT2D eigenvalue weighted by Gasteiger charge is 2.50. The molecule has 1 aliphatic rings. The van der Waals surface area contributed by atoms with Gasteiger partial charge in [0.2, 0.25) is 0 Å². The molecule has 0 aliphatic heterocycles. The Kier molecular flexibility index (Phi) is 3.39. The number of benzene rings is 2. The van der Waals surface area contributed by atoms with Crippen LogP contribution in [0, 0.1) is 0 Å². The lowest BCUT2D eigenvalue weighted by Gasteiger charge is -2.23. The van der Waals surface area contributed by atoms with Crippen LogP contribution in [0.5, 0.6) is 0 Å². The molecule has 0 bridgehead atoms. The van der Waals surface area contributed by atoms with Crippen LogP contribution in [-0.4, -0.2) is 5.11 Å². The van der Waals surface area contributed by atoms with Crippen LogP contribution in [0.2, 0.25) is 0 Å². The molecule has 104 valence electrons. The first-order chi connectivity index (χ1) is 9.63. The van der Waals surface area contributed by atoms with Crippen molar-refractivity contribution < 1.29 is 5.11 Å². The van der Waals surface area contributed by atoms with Crippen LogP contribution < -0.4 is 0 Å². The molecule has 0 spiro atoms. The van der Waals surface area contributed by atoms with E-state index in [-0.39, 0.29) is 5.41 Å². The Labute approximate surface area is 121 Å². The molecule has 1 heteroatoms. The van der Waals surface area contributed by atoms with Gasteiger partial charge in [0.15, 0.2) is 0 Å². The largest absolute Gasteiger partial charge is 0.387 e. The maximum absolute atomic E-state index is 10.8. The summed E-state index contributed by atoms with van der Waals surface area (Å²) in [6.45, 7) is 4.38. The van der Waals surface area contributed by atoms with E-state index in [1.165, 1.54) is 11.1 Å². The SMILES string of the molecule is CC(C)c1ccc(C(O)C2(c3ccccc3)CC2)cc1. The molecule has 2 aromatic rings. The molecular weight excluding hydrogens is 244 g/mol. The van der Waals surface area contributed by atoms with E-state index in [2.05, 4.69) is 62.4 Å². The van der Waals surface area contributed by atoms with Crippen molar-refractivity contribution in [1.29, 1.82) is 0 Å². The van der Waals surface area contributed by atoms with Gasteiger partial charge in [-0.25, -0.2) is 0 Å². The second-order valence-electron chi connectivity index (χ2n) is 6.25. The van der Waals surface area contributed by atoms with Crippen molar-refractivity contribution in [3.8, 4) is 0 Å². The Hall–Kier alpha value is -1.60. The Morgan fingerprint density at radius 1 is 0.850 bits per heavy atom. The smallest absolute Gasteiger partial charge is 0.0886 e. The third-order valence-electron chi connectivity index (χ3n) is 4.58. The van der Waals surface area contributed by atoms with Crippen LogP contribution in [0.3, 0.4) is 0 Å². The van der Waals surface area contributed by atoms with Crippen LogP contribution in [0.4, 0.5) is 0 Å². The second-order valence-corrected chi connectivity index (χ2v) is 6.25. The molecule has 0 saturated heterocycles. The summed E-state index contributed by atoms with van der Waals surface area (Å²) in [6.07, 6.45) is 1.75. The zero-order valence-electron chi connectivity index (χ0n) is 12.2. The van der Waals surface area contributed by atoms with Gasteiger partial charge >= 0.3 is 0 Å². The first-order valence-electron chi connectivity index (χ1n) is 7.47. The summed E-state index contributed by atoms with van der Waals surface area (Å²) in [5.41, 5.74) is 3.57. The van der Waals surface area contributed by atoms with E-state index in [4.69, 9.17) is 0 Å². The number of hydrogen-bond donors (Lipinski definition) is 1. The van der Waals surface area contributed by atoms with E-state index in [0.717, 1.165) is 18.4 Å². The monoisotopic (exact) mass is 266 g/mol. The van der Waals surface area contributed by atoms with Crippen molar-refractivity contribution in [1.82, 2.24) is 0 Å². The molecule has 1 fully saturated rings. The van der Waals surface area contributed by atoms with E-state index >= 15 is 0 Å². The Morgan fingerprint density at radius 3 is 1.90 bits per heavy atom. The Morgan fingerprint density at radius 2 is 1.40 bits per heavy atom. The molecule has 1 unspecified atom stereocenters. The normalized spacial score (nSPS) is 18.0. The van der Waals surface area contributed by atoms with Crippen LogP contribution in [-0.2, 0) is 5.41 Å². The summed E-state index contributed by atoms with van der Waals surface area (Å²) in [5, 5.41) is 10.8. The van der Waals surface area contributed by atoms with Crippen LogP contribution >= 0.6 is 0 Å². The molecule has 0 heterocycles. The zero-order chi connectivity index (χ0) is 14.2. The van der Waals surface area contributed by atoms with E-state index in [0.29, 0.717) is 5.92 Å². The second kappa shape index (κ2) is 5.06. The summed E-state index contributed by atoms with van der Waals surface area (Å²) in [4.78, 5) is 0. The van der Waals surface area contributed by atoms with E-state index in [1.54, 1.807) is 0 Å². The Bertz CT molecular complexity index is 564. The minimum Gasteiger partial charge on any atom is -0.387 e. The van der Waals surface area contributed by atoms with Gasteiger partial charge in [-0.2, -0.15) is 0 Å². The maximum Gasteiger partial charge on any atom is 0.0886 e. The molecule has 0 amide bonds. The average Bonchev–Trinajstić information content (AvgIpc) is 3.29. The summed E-state index contributed by atoms with van der Waals surface area (Å²) in [5.74, 6) is 0.533. The van der Waals surface area contributed by atoms with Gasteiger partial charge in [0, 0.05) is 5.41 Å². The van der Waals surface area contributed by atoms with Crippen molar-refractivity contribution in [3.05, 3.63) is 71.3 Å². The molecule has 20 heavy (non-hydrogen) atoms. The van der Waals surface area contributed by atoms with Crippen LogP contribution in [0.25, 0.3) is 0 Å². The highest BCUT2D eigenvalue weighted by molar-refractivity contribution is 5.38. The fraction of sp³-hybridized carbons (Fsp3) is 0.368. The van der Waals surface area contributed by atoms with Gasteiger partial charge in [0.1, 0.15) is 0 Å². The van der Waals surface area contributed by atoms with Gasteiger partial charge in [0.05, 0.1) is 6.10 Å². The standard InChI is InChI=1S/C19H22O/c1-14(2)15-8-10-16(11-9-15)18(20)19(12-13-19)17-6-4-3-5-7-17/h3-11,14,18,20H,12-13H2,1-2H3. The van der Waals surface area contributed by atoms with Gasteiger partial charge in [0.25, 0.3) is 0 Å². The quantitative estimate of drug-likeness (QED) is 0.859. The van der Waals surface area contributed by atoms with Gasteiger partial charge in [-0.1, -0.05) is 68.4 Å². The molecule has 0 aromatic heterocycles. The van der Waals surface area contributed by atoms with Gasteiger partial charge in [-0.15, -0.1) is 0 Å². The van der Waals surface area contributed by atoms with Crippen molar-refractivity contribution >= 4 is 0 Å². The molecule has 1 nitrogen and oxygen atoms in total. The fourth-order valence-electron chi connectivity index (χ4n) is 3.01. The predicted molar refractivity (Wildman–Crippen MR) is 82.8 cm³/mol. The lowest BCUT2D eigenvalue weighted by atomic mass is 9.85. The van der Waals surface area contributed by atoms with Gasteiger partial charge in [-0.05, 0) is 35.4 Å².